The van der Waals surface area contributed by atoms with Gasteiger partial charge in [0.15, 0.2) is 0 Å². The minimum absolute atomic E-state index is 0.323. The highest BCUT2D eigenvalue weighted by Gasteiger charge is 2.40. The smallest absolute Gasteiger partial charge is 0.326 e. The summed E-state index contributed by atoms with van der Waals surface area (Å²) in [6.45, 7) is 3.69. The Balaban J connectivity index is 1.50. The van der Waals surface area contributed by atoms with E-state index in [-0.39, 0.29) is 0 Å². The van der Waals surface area contributed by atoms with E-state index in [9.17, 15) is 9.59 Å². The molecule has 3 aromatic rings. The lowest BCUT2D eigenvalue weighted by molar-refractivity contribution is -0.140. The molecule has 1 saturated carbocycles. The molecule has 0 saturated heterocycles. The number of carboxylic acids is 1. The number of aliphatic carboxylic acids is 1. The lowest BCUT2D eigenvalue weighted by Crippen LogP contribution is -2.27. The Kier molecular flexibility index (Phi) is 5.89. The Morgan fingerprint density at radius 1 is 1.28 bits per heavy atom. The Morgan fingerprint density at radius 3 is 2.75 bits per heavy atom. The molecule has 166 valence electrons. The van der Waals surface area contributed by atoms with E-state index < -0.39 is 17.6 Å². The van der Waals surface area contributed by atoms with Gasteiger partial charge in [-0.1, -0.05) is 0 Å². The summed E-state index contributed by atoms with van der Waals surface area (Å²) in [7, 11) is 1.61. The van der Waals surface area contributed by atoms with E-state index in [1.165, 1.54) is 19.2 Å². The van der Waals surface area contributed by atoms with E-state index in [1.54, 1.807) is 32.5 Å². The van der Waals surface area contributed by atoms with Crippen molar-refractivity contribution in [2.24, 2.45) is 5.92 Å². The fourth-order valence-electron chi connectivity index (χ4n) is 3.57. The monoisotopic (exact) mass is 436 g/mol. The van der Waals surface area contributed by atoms with Crippen molar-refractivity contribution in [2.45, 2.75) is 32.2 Å². The molecule has 0 bridgehead atoms. The second-order valence-corrected chi connectivity index (χ2v) is 7.85. The van der Waals surface area contributed by atoms with Gasteiger partial charge in [-0.2, -0.15) is 4.98 Å². The van der Waals surface area contributed by atoms with E-state index in [2.05, 4.69) is 15.0 Å². The summed E-state index contributed by atoms with van der Waals surface area (Å²) < 4.78 is 12.4. The molecule has 0 aliphatic heterocycles. The van der Waals surface area contributed by atoms with Crippen LogP contribution in [0.4, 0.5) is 0 Å². The standard InChI is InChI=1S/C23H24N4O5/c1-13(23(29)30)27-7-6-15(9-21(27)28)19-11-24-14(2)26-22(19)32-12-16-8-18(16)20-5-4-17(31-3)10-25-20/h4-7,9-11,13,16,18H,8,12H2,1-3H3,(H,29,30)/t13?,16-,18+/m1/s1. The van der Waals surface area contributed by atoms with E-state index in [1.807, 2.05) is 12.1 Å². The summed E-state index contributed by atoms with van der Waals surface area (Å²) >= 11 is 0. The number of ether oxygens (including phenoxy) is 2. The highest BCUT2D eigenvalue weighted by molar-refractivity contribution is 5.72. The highest BCUT2D eigenvalue weighted by atomic mass is 16.5. The molecule has 9 nitrogen and oxygen atoms in total. The van der Waals surface area contributed by atoms with Crippen LogP contribution in [-0.4, -0.2) is 44.3 Å². The fourth-order valence-corrected chi connectivity index (χ4v) is 3.57. The first kappa shape index (κ1) is 21.5. The predicted octanol–water partition coefficient (Wildman–Crippen LogP) is 2.85. The van der Waals surface area contributed by atoms with Gasteiger partial charge in [-0.3, -0.25) is 9.78 Å². The molecule has 9 heteroatoms. The summed E-state index contributed by atoms with van der Waals surface area (Å²) in [5.41, 5.74) is 1.75. The fraction of sp³-hybridized carbons (Fsp3) is 0.348. The number of carboxylic acid groups (broad SMARTS) is 1. The van der Waals surface area contributed by atoms with Crippen molar-refractivity contribution in [2.75, 3.05) is 13.7 Å². The van der Waals surface area contributed by atoms with E-state index in [0.29, 0.717) is 41.3 Å². The molecule has 1 fully saturated rings. The maximum absolute atomic E-state index is 12.5. The topological polar surface area (TPSA) is 116 Å². The van der Waals surface area contributed by atoms with Crippen LogP contribution >= 0.6 is 0 Å². The maximum atomic E-state index is 12.5. The van der Waals surface area contributed by atoms with Gasteiger partial charge in [0.05, 0.1) is 25.5 Å². The van der Waals surface area contributed by atoms with Crippen LogP contribution in [0.25, 0.3) is 11.1 Å². The van der Waals surface area contributed by atoms with Gasteiger partial charge >= 0.3 is 5.97 Å². The average molecular weight is 436 g/mol. The molecule has 4 rings (SSSR count). The number of aryl methyl sites for hydroxylation is 1. The number of carbonyl (C=O) groups is 1. The molecule has 1 unspecified atom stereocenters. The molecule has 1 N–H and O–H groups in total. The quantitative estimate of drug-likeness (QED) is 0.573. The van der Waals surface area contributed by atoms with Gasteiger partial charge in [-0.15, -0.1) is 0 Å². The lowest BCUT2D eigenvalue weighted by Gasteiger charge is -2.13. The maximum Gasteiger partial charge on any atom is 0.326 e. The van der Waals surface area contributed by atoms with Gasteiger partial charge in [-0.25, -0.2) is 9.78 Å². The van der Waals surface area contributed by atoms with Crippen LogP contribution in [-0.2, 0) is 4.79 Å². The summed E-state index contributed by atoms with van der Waals surface area (Å²) in [5.74, 6) is 1.25. The Bertz CT molecular complexity index is 1190. The molecule has 0 amide bonds. The Morgan fingerprint density at radius 2 is 2.09 bits per heavy atom. The van der Waals surface area contributed by atoms with Gasteiger partial charge in [0, 0.05) is 36.0 Å². The van der Waals surface area contributed by atoms with Crippen molar-refractivity contribution in [3.05, 3.63) is 64.7 Å². The Hall–Kier alpha value is -3.75. The average Bonchev–Trinajstić information content (AvgIpc) is 3.57. The third-order valence-electron chi connectivity index (χ3n) is 5.64. The highest BCUT2D eigenvalue weighted by Crippen LogP contribution is 2.47. The Labute approximate surface area is 184 Å². The number of aromatic nitrogens is 4. The number of hydrogen-bond donors (Lipinski definition) is 1. The second kappa shape index (κ2) is 8.78. The molecular formula is C23H24N4O5. The number of pyridine rings is 2. The zero-order valence-electron chi connectivity index (χ0n) is 18.1. The van der Waals surface area contributed by atoms with Crippen molar-refractivity contribution in [1.82, 2.24) is 19.5 Å². The minimum Gasteiger partial charge on any atom is -0.495 e. The third kappa shape index (κ3) is 4.46. The molecule has 0 aromatic carbocycles. The normalized spacial score (nSPS) is 18.1. The second-order valence-electron chi connectivity index (χ2n) is 7.85. The summed E-state index contributed by atoms with van der Waals surface area (Å²) in [6.07, 6.45) is 5.77. The number of rotatable bonds is 8. The largest absolute Gasteiger partial charge is 0.495 e. The summed E-state index contributed by atoms with van der Waals surface area (Å²) in [5, 5.41) is 9.17. The van der Waals surface area contributed by atoms with E-state index in [0.717, 1.165) is 22.4 Å². The van der Waals surface area contributed by atoms with Crippen LogP contribution in [0.15, 0.2) is 47.7 Å². The molecule has 0 spiro atoms. The van der Waals surface area contributed by atoms with Crippen LogP contribution in [0.5, 0.6) is 11.6 Å². The van der Waals surface area contributed by atoms with Gasteiger partial charge in [-0.05, 0) is 44.0 Å². The van der Waals surface area contributed by atoms with Crippen LogP contribution in [0.2, 0.25) is 0 Å². The molecule has 0 radical (unpaired) electrons. The van der Waals surface area contributed by atoms with Crippen molar-refractivity contribution >= 4 is 5.97 Å². The molecule has 32 heavy (non-hydrogen) atoms. The predicted molar refractivity (Wildman–Crippen MR) is 116 cm³/mol. The molecule has 1 aliphatic carbocycles. The third-order valence-corrected chi connectivity index (χ3v) is 5.64. The van der Waals surface area contributed by atoms with Crippen molar-refractivity contribution in [3.8, 4) is 22.8 Å². The van der Waals surface area contributed by atoms with Crippen LogP contribution in [0, 0.1) is 12.8 Å². The van der Waals surface area contributed by atoms with Crippen molar-refractivity contribution < 1.29 is 19.4 Å². The number of nitrogens with zero attached hydrogens (tertiary/aromatic N) is 4. The molecule has 3 atom stereocenters. The van der Waals surface area contributed by atoms with Crippen molar-refractivity contribution in [3.63, 3.8) is 0 Å². The van der Waals surface area contributed by atoms with Crippen LogP contribution < -0.4 is 15.0 Å². The van der Waals surface area contributed by atoms with Crippen LogP contribution in [0.3, 0.4) is 0 Å². The van der Waals surface area contributed by atoms with Gasteiger partial charge in [0.2, 0.25) is 5.88 Å². The van der Waals surface area contributed by atoms with E-state index in [4.69, 9.17) is 14.6 Å². The molecule has 3 heterocycles. The first-order valence-corrected chi connectivity index (χ1v) is 10.3. The number of hydrogen-bond acceptors (Lipinski definition) is 7. The first-order valence-electron chi connectivity index (χ1n) is 10.3. The lowest BCUT2D eigenvalue weighted by atomic mass is 10.1. The van der Waals surface area contributed by atoms with Gasteiger partial charge < -0.3 is 19.1 Å². The number of methoxy groups -OCH3 is 1. The van der Waals surface area contributed by atoms with Gasteiger partial charge in [0.1, 0.15) is 17.6 Å². The van der Waals surface area contributed by atoms with Gasteiger partial charge in [0.25, 0.3) is 5.56 Å². The zero-order valence-corrected chi connectivity index (χ0v) is 18.1. The SMILES string of the molecule is COc1ccc([C@H]2C[C@@H]2COc2nc(C)ncc2-c2ccn(C(C)C(=O)O)c(=O)c2)nc1. The van der Waals surface area contributed by atoms with E-state index >= 15 is 0 Å². The molecule has 3 aromatic heterocycles. The first-order chi connectivity index (χ1) is 15.4. The summed E-state index contributed by atoms with van der Waals surface area (Å²) in [6, 6.07) is 5.96. The molecular weight excluding hydrogens is 412 g/mol. The molecule has 1 aliphatic rings. The van der Waals surface area contributed by atoms with Crippen molar-refractivity contribution in [1.29, 1.82) is 0 Å². The zero-order chi connectivity index (χ0) is 22.8. The van der Waals surface area contributed by atoms with Crippen LogP contribution in [0.1, 0.15) is 36.8 Å². The minimum atomic E-state index is -1.08. The summed E-state index contributed by atoms with van der Waals surface area (Å²) in [4.78, 5) is 36.8.